The summed E-state index contributed by atoms with van der Waals surface area (Å²) >= 11 is 1.83. The summed E-state index contributed by atoms with van der Waals surface area (Å²) in [5.41, 5.74) is 0. The summed E-state index contributed by atoms with van der Waals surface area (Å²) in [6, 6.07) is 10.4. The third-order valence-corrected chi connectivity index (χ3v) is 3.15. The molecule has 0 fully saturated rings. The fourth-order valence-corrected chi connectivity index (χ4v) is 2.20. The lowest BCUT2D eigenvalue weighted by molar-refractivity contribution is 0.366. The Labute approximate surface area is 105 Å². The van der Waals surface area contributed by atoms with Crippen LogP contribution < -0.4 is 5.32 Å². The van der Waals surface area contributed by atoms with E-state index in [-0.39, 0.29) is 0 Å². The molecule has 0 saturated carbocycles. The van der Waals surface area contributed by atoms with Crippen LogP contribution in [-0.2, 0) is 6.54 Å². The van der Waals surface area contributed by atoms with E-state index >= 15 is 0 Å². The number of aromatic nitrogens is 2. The lowest BCUT2D eigenvalue weighted by Gasteiger charge is -2.01. The molecule has 1 aromatic carbocycles. The third kappa shape index (κ3) is 4.20. The van der Waals surface area contributed by atoms with E-state index in [0.717, 1.165) is 12.3 Å². The van der Waals surface area contributed by atoms with Crippen molar-refractivity contribution in [2.75, 3.05) is 12.3 Å². The minimum Gasteiger partial charge on any atom is -0.338 e. The number of thioether (sulfide) groups is 1. The monoisotopic (exact) mass is 249 g/mol. The number of rotatable bonds is 6. The third-order valence-electron chi connectivity index (χ3n) is 2.14. The van der Waals surface area contributed by atoms with E-state index in [4.69, 9.17) is 4.52 Å². The van der Waals surface area contributed by atoms with E-state index < -0.39 is 0 Å². The Balaban J connectivity index is 1.61. The first-order chi connectivity index (χ1) is 8.34. The number of nitrogens with one attached hydrogen (secondary N) is 1. The molecule has 0 unspecified atom stereocenters. The quantitative estimate of drug-likeness (QED) is 0.628. The van der Waals surface area contributed by atoms with Gasteiger partial charge >= 0.3 is 0 Å². The molecule has 1 N–H and O–H groups in total. The molecule has 1 heterocycles. The Hall–Kier alpha value is -1.33. The molecule has 0 amide bonds. The van der Waals surface area contributed by atoms with Crippen molar-refractivity contribution in [2.24, 2.45) is 0 Å². The van der Waals surface area contributed by atoms with Gasteiger partial charge < -0.3 is 9.84 Å². The van der Waals surface area contributed by atoms with Crippen LogP contribution in [0.25, 0.3) is 0 Å². The second-order valence-electron chi connectivity index (χ2n) is 3.57. The summed E-state index contributed by atoms with van der Waals surface area (Å²) in [6.45, 7) is 3.37. The Morgan fingerprint density at radius 1 is 1.29 bits per heavy atom. The SMILES string of the molecule is Cc1noc(CNCCSc2ccccc2)n1. The maximum atomic E-state index is 5.00. The highest BCUT2D eigenvalue weighted by atomic mass is 32.2. The van der Waals surface area contributed by atoms with Gasteiger partial charge in [-0.15, -0.1) is 11.8 Å². The molecule has 0 atom stereocenters. The Morgan fingerprint density at radius 3 is 2.82 bits per heavy atom. The zero-order valence-corrected chi connectivity index (χ0v) is 10.5. The molecule has 17 heavy (non-hydrogen) atoms. The zero-order valence-electron chi connectivity index (χ0n) is 9.72. The van der Waals surface area contributed by atoms with E-state index in [1.54, 1.807) is 0 Å². The molecule has 90 valence electrons. The number of aryl methyl sites for hydroxylation is 1. The molecule has 1 aromatic heterocycles. The normalized spacial score (nSPS) is 10.6. The number of benzene rings is 1. The van der Waals surface area contributed by atoms with Crippen molar-refractivity contribution in [1.29, 1.82) is 0 Å². The largest absolute Gasteiger partial charge is 0.338 e. The van der Waals surface area contributed by atoms with Crippen molar-refractivity contribution < 1.29 is 4.52 Å². The first kappa shape index (κ1) is 12.1. The Bertz CT molecular complexity index is 444. The molecule has 0 aliphatic rings. The fourth-order valence-electron chi connectivity index (χ4n) is 1.36. The van der Waals surface area contributed by atoms with E-state index in [9.17, 15) is 0 Å². The average Bonchev–Trinajstić information content (AvgIpc) is 2.76. The summed E-state index contributed by atoms with van der Waals surface area (Å²) in [6.07, 6.45) is 0. The van der Waals surface area contributed by atoms with Crippen LogP contribution in [0.5, 0.6) is 0 Å². The van der Waals surface area contributed by atoms with Gasteiger partial charge in [-0.3, -0.25) is 0 Å². The number of hydrogen-bond donors (Lipinski definition) is 1. The van der Waals surface area contributed by atoms with Crippen LogP contribution in [0, 0.1) is 6.92 Å². The molecule has 0 bridgehead atoms. The summed E-state index contributed by atoms with van der Waals surface area (Å²) in [7, 11) is 0. The van der Waals surface area contributed by atoms with Crippen LogP contribution in [0.1, 0.15) is 11.7 Å². The van der Waals surface area contributed by atoms with Gasteiger partial charge in [-0.1, -0.05) is 23.4 Å². The van der Waals surface area contributed by atoms with Gasteiger partial charge in [-0.2, -0.15) is 4.98 Å². The fraction of sp³-hybridized carbons (Fsp3) is 0.333. The molecule has 4 nitrogen and oxygen atoms in total. The topological polar surface area (TPSA) is 51.0 Å². The van der Waals surface area contributed by atoms with E-state index in [1.807, 2.05) is 24.8 Å². The molecule has 0 aliphatic heterocycles. The predicted octanol–water partition coefficient (Wildman–Crippen LogP) is 2.26. The molecular weight excluding hydrogens is 234 g/mol. The summed E-state index contributed by atoms with van der Waals surface area (Å²) < 4.78 is 5.00. The summed E-state index contributed by atoms with van der Waals surface area (Å²) in [4.78, 5) is 5.41. The Kier molecular flexibility index (Phi) is 4.58. The van der Waals surface area contributed by atoms with Crippen molar-refractivity contribution in [2.45, 2.75) is 18.4 Å². The maximum absolute atomic E-state index is 5.00. The molecule has 5 heteroatoms. The highest BCUT2D eigenvalue weighted by Gasteiger charge is 2.00. The first-order valence-electron chi connectivity index (χ1n) is 5.52. The zero-order chi connectivity index (χ0) is 11.9. The van der Waals surface area contributed by atoms with Crippen molar-refractivity contribution >= 4 is 11.8 Å². The van der Waals surface area contributed by atoms with Gasteiger partial charge in [0.25, 0.3) is 0 Å². The Morgan fingerprint density at radius 2 is 2.12 bits per heavy atom. The second-order valence-corrected chi connectivity index (χ2v) is 4.74. The number of nitrogens with zero attached hydrogens (tertiary/aromatic N) is 2. The summed E-state index contributed by atoms with van der Waals surface area (Å²) in [5, 5.41) is 7.00. The second kappa shape index (κ2) is 6.42. The van der Waals surface area contributed by atoms with E-state index in [1.165, 1.54) is 4.90 Å². The molecule has 0 spiro atoms. The van der Waals surface area contributed by atoms with Gasteiger partial charge in [0.15, 0.2) is 5.82 Å². The van der Waals surface area contributed by atoms with E-state index in [2.05, 4.69) is 39.7 Å². The van der Waals surface area contributed by atoms with Gasteiger partial charge in [0.1, 0.15) is 0 Å². The van der Waals surface area contributed by atoms with Gasteiger partial charge in [0.05, 0.1) is 6.54 Å². The average molecular weight is 249 g/mol. The van der Waals surface area contributed by atoms with Gasteiger partial charge in [0, 0.05) is 17.2 Å². The smallest absolute Gasteiger partial charge is 0.240 e. The van der Waals surface area contributed by atoms with Crippen LogP contribution >= 0.6 is 11.8 Å². The molecule has 0 aliphatic carbocycles. The van der Waals surface area contributed by atoms with Crippen molar-refractivity contribution in [3.05, 3.63) is 42.0 Å². The van der Waals surface area contributed by atoms with Crippen LogP contribution in [0.2, 0.25) is 0 Å². The van der Waals surface area contributed by atoms with Crippen molar-refractivity contribution in [1.82, 2.24) is 15.5 Å². The van der Waals surface area contributed by atoms with Crippen LogP contribution in [0.3, 0.4) is 0 Å². The molecule has 0 saturated heterocycles. The molecule has 2 rings (SSSR count). The predicted molar refractivity (Wildman–Crippen MR) is 67.9 cm³/mol. The first-order valence-corrected chi connectivity index (χ1v) is 6.51. The van der Waals surface area contributed by atoms with Crippen molar-refractivity contribution in [3.8, 4) is 0 Å². The minimum absolute atomic E-state index is 0.635. The highest BCUT2D eigenvalue weighted by molar-refractivity contribution is 7.99. The molecule has 2 aromatic rings. The standard InChI is InChI=1S/C12H15N3OS/c1-10-14-12(16-15-10)9-13-7-8-17-11-5-3-2-4-6-11/h2-6,13H,7-9H2,1H3. The molecule has 0 radical (unpaired) electrons. The van der Waals surface area contributed by atoms with Crippen LogP contribution in [0.15, 0.2) is 39.8 Å². The van der Waals surface area contributed by atoms with Crippen molar-refractivity contribution in [3.63, 3.8) is 0 Å². The lowest BCUT2D eigenvalue weighted by Crippen LogP contribution is -2.16. The maximum Gasteiger partial charge on any atom is 0.240 e. The number of hydrogen-bond acceptors (Lipinski definition) is 5. The summed E-state index contributed by atoms with van der Waals surface area (Å²) in [5.74, 6) is 2.35. The van der Waals surface area contributed by atoms with Gasteiger partial charge in [-0.25, -0.2) is 0 Å². The lowest BCUT2D eigenvalue weighted by atomic mass is 10.4. The van der Waals surface area contributed by atoms with Gasteiger partial charge in [-0.05, 0) is 19.1 Å². The van der Waals surface area contributed by atoms with Crippen LogP contribution in [-0.4, -0.2) is 22.4 Å². The van der Waals surface area contributed by atoms with E-state index in [0.29, 0.717) is 18.3 Å². The van der Waals surface area contributed by atoms with Crippen LogP contribution in [0.4, 0.5) is 0 Å². The minimum atomic E-state index is 0.635. The highest BCUT2D eigenvalue weighted by Crippen LogP contribution is 2.15. The molecular formula is C12H15N3OS. The van der Waals surface area contributed by atoms with Gasteiger partial charge in [0.2, 0.25) is 5.89 Å².